The van der Waals surface area contributed by atoms with Crippen molar-refractivity contribution in [2.45, 2.75) is 53.4 Å². The smallest absolute Gasteiger partial charge is 0.201 e. The molecule has 662 valence electrons. The highest BCUT2D eigenvalue weighted by atomic mass is 35.5. The summed E-state index contributed by atoms with van der Waals surface area (Å²) >= 11 is 18.0. The van der Waals surface area contributed by atoms with Gasteiger partial charge in [0.05, 0.1) is 28.1 Å². The minimum absolute atomic E-state index is 0.0558. The molecule has 16 rings (SSSR count). The molecule has 4 atom stereocenters. The Bertz CT molecular complexity index is 7490. The van der Waals surface area contributed by atoms with E-state index in [1.54, 1.807) is 134 Å². The predicted octanol–water partition coefficient (Wildman–Crippen LogP) is 22.5. The van der Waals surface area contributed by atoms with Crippen LogP contribution in [0.3, 0.4) is 0 Å². The van der Waals surface area contributed by atoms with E-state index in [1.165, 1.54) is 48.9 Å². The lowest BCUT2D eigenvalue weighted by Crippen LogP contribution is -2.18. The molecule has 4 unspecified atom stereocenters. The molecule has 0 spiro atoms. The van der Waals surface area contributed by atoms with Crippen LogP contribution in [0.25, 0.3) is 88.6 Å². The van der Waals surface area contributed by atoms with Crippen molar-refractivity contribution in [2.24, 2.45) is 0 Å². The first kappa shape index (κ1) is 93.6. The Kier molecular flexibility index (Phi) is 29.1. The third-order valence-electron chi connectivity index (χ3n) is 20.1. The molecule has 0 aliphatic heterocycles. The second-order valence-electron chi connectivity index (χ2n) is 30.0. The van der Waals surface area contributed by atoms with Crippen LogP contribution in [-0.4, -0.2) is 126 Å². The van der Waals surface area contributed by atoms with Crippen LogP contribution < -0.4 is 18.9 Å². The van der Waals surface area contributed by atoms with Gasteiger partial charge in [0.2, 0.25) is 11.6 Å². The van der Waals surface area contributed by atoms with Gasteiger partial charge in [0.15, 0.2) is 23.2 Å². The Morgan fingerprint density at radius 2 is 0.674 bits per heavy atom. The van der Waals surface area contributed by atoms with E-state index in [0.717, 1.165) is 64.1 Å². The molecule has 0 fully saturated rings. The van der Waals surface area contributed by atoms with Crippen LogP contribution in [0.5, 0.6) is 0 Å². The van der Waals surface area contributed by atoms with Gasteiger partial charge in [0.25, 0.3) is 0 Å². The van der Waals surface area contributed by atoms with Gasteiger partial charge in [0, 0.05) is 209 Å². The molecule has 8 N–H and O–H groups in total. The van der Waals surface area contributed by atoms with Crippen LogP contribution in [0.1, 0.15) is 117 Å². The number of anilines is 4. The third-order valence-corrected chi connectivity index (χ3v) is 27.5. The summed E-state index contributed by atoms with van der Waals surface area (Å²) in [6.45, 7) is 7.46. The van der Waals surface area contributed by atoms with E-state index >= 15 is 8.78 Å². The van der Waals surface area contributed by atoms with Crippen LogP contribution in [0, 0.1) is 34.9 Å². The maximum Gasteiger partial charge on any atom is 0.201 e. The average molecular weight is 1880 g/mol. The summed E-state index contributed by atoms with van der Waals surface area (Å²) in [5.41, 5.74) is 8.39. The Morgan fingerprint density at radius 1 is 0.333 bits per heavy atom. The standard InChI is InChI=1S/2C24H20ClF2N3O2S.C24H21ClFN3O2S.C24H22FN3O2S/c1-3-10-33(2,32)30-20-9-8-19(26)21(22(20)27)23(31)18-13-29-24-17(18)11-15(12-28-24)14-4-6-16(25)7-5-14;1-3-9-33(2,32)30-20-8-7-19(26)21(22(20)27)23(31)18-13-29-24-17(18)11-15(12-28-24)14-5-4-6-16(25)10-14;1-3-10-32(2,31)29-18-8-9-22(26)20(12-18)23(30)21-14-28-24-19(21)11-16(13-27-24)15-4-6-17(25)7-5-15;1-3-11-31(2,30)28-20-6-4-5-17(12-20)23(29)22-15-27-24-21(22)13-18(14-26-24)16-7-9-19(25)10-8-16/h4-9,11-13H,2-3,10H2,1H3,(H,28,29)(H,30,32);4-8,10-13H,2-3,9H2,1H3,(H,28,29)(H,30,32);4-9,11-14H,2-3,10H2,1H3,(H,27,28)(H,29,31);4-10,12-15H,2-3,11H2,1H3,(H,26,27)(H,28,30). The molecule has 0 saturated carbocycles. The van der Waals surface area contributed by atoms with Crippen molar-refractivity contribution in [3.05, 3.63) is 332 Å². The van der Waals surface area contributed by atoms with Crippen LogP contribution >= 0.6 is 34.8 Å². The second kappa shape index (κ2) is 40.1. The highest BCUT2D eigenvalue weighted by molar-refractivity contribution is 8.02. The number of ketones is 4. The van der Waals surface area contributed by atoms with Crippen LogP contribution in [0.15, 0.2) is 238 Å². The first-order valence-corrected chi connectivity index (χ1v) is 48.7. The molecule has 0 radical (unpaired) electrons. The zero-order valence-electron chi connectivity index (χ0n) is 69.6. The number of aromatic amines is 4. The van der Waals surface area contributed by atoms with E-state index in [1.807, 2.05) is 58.0 Å². The Morgan fingerprint density at radius 3 is 1.06 bits per heavy atom. The van der Waals surface area contributed by atoms with Gasteiger partial charge < -0.3 is 38.8 Å². The van der Waals surface area contributed by atoms with E-state index in [4.69, 9.17) is 34.8 Å². The number of benzene rings is 8. The van der Waals surface area contributed by atoms with Gasteiger partial charge in [0.1, 0.15) is 45.9 Å². The molecule has 8 aromatic carbocycles. The minimum atomic E-state index is -2.84. The first-order chi connectivity index (χ1) is 61.5. The second-order valence-corrected chi connectivity index (χ2v) is 40.2. The number of pyridine rings is 4. The number of carbonyl (C=O) groups is 4. The number of nitrogens with zero attached hydrogens (tertiary/aromatic N) is 4. The molecule has 0 bridgehead atoms. The number of nitrogens with one attached hydrogen (secondary N) is 8. The van der Waals surface area contributed by atoms with Gasteiger partial charge in [-0.3, -0.25) is 19.2 Å². The largest absolute Gasteiger partial charge is 0.345 e. The molecule has 33 heteroatoms. The maximum absolute atomic E-state index is 15.2. The zero-order valence-corrected chi connectivity index (χ0v) is 75.1. The van der Waals surface area contributed by atoms with E-state index < -0.39 is 96.4 Å². The highest BCUT2D eigenvalue weighted by Crippen LogP contribution is 2.36. The van der Waals surface area contributed by atoms with Crippen LogP contribution in [0.2, 0.25) is 15.1 Å². The molecule has 0 amide bonds. The summed E-state index contributed by atoms with van der Waals surface area (Å²) in [5, 5.41) is 3.81. The molecule has 20 nitrogen and oxygen atoms in total. The lowest BCUT2D eigenvalue weighted by molar-refractivity contribution is 0.102. The topological polar surface area (TPSA) is 299 Å². The number of hydrogen-bond donors (Lipinski definition) is 8. The lowest BCUT2D eigenvalue weighted by Gasteiger charge is -2.14. The summed E-state index contributed by atoms with van der Waals surface area (Å²) in [5.74, 6) is 8.16. The lowest BCUT2D eigenvalue weighted by atomic mass is 10.00. The van der Waals surface area contributed by atoms with Crippen LogP contribution in [0.4, 0.5) is 49.1 Å². The van der Waals surface area contributed by atoms with Gasteiger partial charge in [-0.15, -0.1) is 0 Å². The predicted molar refractivity (Wildman–Crippen MR) is 517 cm³/mol. The monoisotopic (exact) mass is 1880 g/mol. The van der Waals surface area contributed by atoms with Crippen molar-refractivity contribution < 1.29 is 62.4 Å². The first-order valence-electron chi connectivity index (χ1n) is 40.0. The number of fused-ring (bicyclic) bond motifs is 4. The number of rotatable bonds is 28. The van der Waals surface area contributed by atoms with E-state index in [9.17, 15) is 53.6 Å². The fourth-order valence-electron chi connectivity index (χ4n) is 14.1. The third kappa shape index (κ3) is 22.4. The van der Waals surface area contributed by atoms with Gasteiger partial charge in [-0.25, -0.2) is 63.1 Å². The minimum Gasteiger partial charge on any atom is -0.345 e. The van der Waals surface area contributed by atoms with Gasteiger partial charge >= 0.3 is 0 Å². The number of carbonyl (C=O) groups excluding carboxylic acids is 4. The Labute approximate surface area is 755 Å². The van der Waals surface area contributed by atoms with Gasteiger partial charge in [-0.2, -0.15) is 0 Å². The summed E-state index contributed by atoms with van der Waals surface area (Å²) in [7, 11) is -10.7. The van der Waals surface area contributed by atoms with E-state index in [-0.39, 0.29) is 51.2 Å². The summed E-state index contributed by atoms with van der Waals surface area (Å²) in [4.78, 5) is 82.2. The van der Waals surface area contributed by atoms with Crippen molar-refractivity contribution in [2.75, 3.05) is 41.9 Å². The van der Waals surface area contributed by atoms with Gasteiger partial charge in [-0.05, 0) is 199 Å². The normalized spacial score (nSPS) is 13.1. The Balaban J connectivity index is 0.000000147. The molecule has 8 aromatic heterocycles. The van der Waals surface area contributed by atoms with Crippen LogP contribution in [-0.2, 0) is 38.8 Å². The quantitative estimate of drug-likeness (QED) is 0.0129. The molecule has 8 heterocycles. The summed E-state index contributed by atoms with van der Waals surface area (Å²) in [6.07, 6.45) is 15.0. The van der Waals surface area contributed by atoms with Crippen molar-refractivity contribution in [1.82, 2.24) is 39.9 Å². The fraction of sp³-hybridized carbons (Fsp3) is 0.125. The molecule has 129 heavy (non-hydrogen) atoms. The van der Waals surface area contributed by atoms with Gasteiger partial charge in [-0.1, -0.05) is 123 Å². The molecule has 16 aromatic rings. The molecular weight excluding hydrogens is 1800 g/mol. The highest BCUT2D eigenvalue weighted by Gasteiger charge is 2.29. The number of H-pyrrole nitrogens is 4. The number of halogens is 9. The average Bonchev–Trinajstić information content (AvgIpc) is 1.71. The zero-order chi connectivity index (χ0) is 92.4. The fourth-order valence-corrected chi connectivity index (χ4v) is 19.8. The van der Waals surface area contributed by atoms with E-state index in [2.05, 4.69) is 82.2 Å². The molecule has 0 aliphatic carbocycles. The SMILES string of the molecule is C=S(=O)(CCC)Nc1ccc(F)c(C(=O)c2c[nH]c3ncc(-c4ccc(Cl)cc4)cc23)c1.C=S(=O)(CCC)Nc1ccc(F)c(C(=O)c2c[nH]c3ncc(-c4ccc(Cl)cc4)cc23)c1F.C=S(=O)(CCC)Nc1ccc(F)c(C(=O)c2c[nH]c3ncc(-c4cccc(Cl)c4)cc23)c1F.C=S(=O)(CCC)Nc1cccc(C(=O)c2c[nH]c3ncc(-c4ccc(F)cc4)cc23)c1. The molecular formula is C96H83Cl3F6N12O8S4. The number of hydrogen-bond acceptors (Lipinski definition) is 12. The Hall–Kier alpha value is -13.1. The van der Waals surface area contributed by atoms with Crippen molar-refractivity contribution in [1.29, 1.82) is 0 Å². The molecule has 0 aliphatic rings. The number of aromatic nitrogens is 8. The molecule has 0 saturated heterocycles. The summed E-state index contributed by atoms with van der Waals surface area (Å²) < 4.78 is 148. The van der Waals surface area contributed by atoms with Crippen molar-refractivity contribution in [3.63, 3.8) is 0 Å². The maximum atomic E-state index is 15.2. The van der Waals surface area contributed by atoms with Crippen molar-refractivity contribution in [3.8, 4) is 44.5 Å². The summed E-state index contributed by atoms with van der Waals surface area (Å²) in [6, 6.07) is 49.8. The van der Waals surface area contributed by atoms with E-state index in [0.29, 0.717) is 129 Å². The van der Waals surface area contributed by atoms with Crippen molar-refractivity contribution >= 4 is 187 Å².